The molecule has 8 nitrogen and oxygen atoms in total. The Morgan fingerprint density at radius 2 is 1.67 bits per heavy atom. The monoisotopic (exact) mass is 452 g/mol. The molecule has 2 amide bonds. The molecule has 0 saturated carbocycles. The van der Waals surface area contributed by atoms with Gasteiger partial charge < -0.3 is 25.2 Å². The molecule has 0 bridgehead atoms. The molecule has 1 aliphatic carbocycles. The van der Waals surface area contributed by atoms with Crippen molar-refractivity contribution in [1.82, 2.24) is 10.2 Å². The predicted molar refractivity (Wildman–Crippen MR) is 121 cm³/mol. The molecule has 0 radical (unpaired) electrons. The number of hydrogen-bond acceptors (Lipinski definition) is 5. The Morgan fingerprint density at radius 3 is 2.24 bits per heavy atom. The number of ether oxygens (including phenoxy) is 1. The number of hydrogen-bond donors (Lipinski definition) is 3. The van der Waals surface area contributed by atoms with E-state index >= 15 is 0 Å². The van der Waals surface area contributed by atoms with Gasteiger partial charge in [0.15, 0.2) is 5.60 Å². The van der Waals surface area contributed by atoms with Gasteiger partial charge in [-0.25, -0.2) is 9.59 Å². The van der Waals surface area contributed by atoms with Gasteiger partial charge in [0.05, 0.1) is 13.1 Å². The average Bonchev–Trinajstić information content (AvgIpc) is 3.11. The second-order valence-electron chi connectivity index (χ2n) is 8.83. The number of aliphatic carboxylic acids is 1. The summed E-state index contributed by atoms with van der Waals surface area (Å²) in [5, 5.41) is 21.4. The van der Waals surface area contributed by atoms with Crippen LogP contribution in [0.25, 0.3) is 11.1 Å². The fraction of sp³-hybridized carbons (Fsp3) is 0.400. The van der Waals surface area contributed by atoms with Crippen LogP contribution < -0.4 is 5.32 Å². The summed E-state index contributed by atoms with van der Waals surface area (Å²) in [4.78, 5) is 36.8. The fourth-order valence-corrected chi connectivity index (χ4v) is 4.56. The number of benzene rings is 2. The van der Waals surface area contributed by atoms with E-state index in [1.54, 1.807) is 6.92 Å². The molecule has 0 spiro atoms. The highest BCUT2D eigenvalue weighted by Gasteiger charge is 2.50. The van der Waals surface area contributed by atoms with Gasteiger partial charge in [-0.3, -0.25) is 4.79 Å². The van der Waals surface area contributed by atoms with E-state index in [4.69, 9.17) is 9.84 Å². The second-order valence-corrected chi connectivity index (χ2v) is 8.83. The maximum atomic E-state index is 12.3. The van der Waals surface area contributed by atoms with Gasteiger partial charge in [-0.05, 0) is 35.1 Å². The molecule has 33 heavy (non-hydrogen) atoms. The van der Waals surface area contributed by atoms with E-state index in [0.29, 0.717) is 19.4 Å². The molecule has 0 aromatic heterocycles. The summed E-state index contributed by atoms with van der Waals surface area (Å²) in [6.07, 6.45) is 0.614. The summed E-state index contributed by atoms with van der Waals surface area (Å²) in [6, 6.07) is 16.3. The lowest BCUT2D eigenvalue weighted by Gasteiger charge is -2.44. The Kier molecular flexibility index (Phi) is 6.37. The summed E-state index contributed by atoms with van der Waals surface area (Å²) in [5.74, 6) is -1.83. The van der Waals surface area contributed by atoms with Crippen molar-refractivity contribution in [2.24, 2.45) is 5.92 Å². The van der Waals surface area contributed by atoms with Crippen LogP contribution in [0.3, 0.4) is 0 Å². The fourth-order valence-electron chi connectivity index (χ4n) is 4.56. The quantitative estimate of drug-likeness (QED) is 0.530. The Labute approximate surface area is 192 Å². The van der Waals surface area contributed by atoms with Gasteiger partial charge in [0.1, 0.15) is 6.61 Å². The molecule has 1 fully saturated rings. The predicted octanol–water partition coefficient (Wildman–Crippen LogP) is 2.60. The van der Waals surface area contributed by atoms with Crippen molar-refractivity contribution in [3.8, 4) is 11.1 Å². The Balaban J connectivity index is 1.19. The molecule has 1 atom stereocenters. The Hall–Kier alpha value is -3.39. The molecular formula is C25H28N2O6. The molecule has 1 saturated heterocycles. The maximum Gasteiger partial charge on any atom is 0.407 e. The average molecular weight is 453 g/mol. The largest absolute Gasteiger partial charge is 0.479 e. The van der Waals surface area contributed by atoms with Crippen LogP contribution in [-0.4, -0.2) is 64.9 Å². The van der Waals surface area contributed by atoms with Gasteiger partial charge in [0.25, 0.3) is 0 Å². The molecule has 1 aliphatic heterocycles. The first-order chi connectivity index (χ1) is 15.8. The molecule has 1 heterocycles. The zero-order chi connectivity index (χ0) is 23.6. The lowest BCUT2D eigenvalue weighted by Crippen LogP contribution is -2.68. The van der Waals surface area contributed by atoms with E-state index in [9.17, 15) is 19.5 Å². The number of carboxylic acids is 1. The highest BCUT2D eigenvalue weighted by molar-refractivity contribution is 5.86. The number of amides is 2. The molecular weight excluding hydrogens is 424 g/mol. The number of nitrogens with zero attached hydrogens (tertiary/aromatic N) is 1. The van der Waals surface area contributed by atoms with Gasteiger partial charge >= 0.3 is 12.1 Å². The third-order valence-corrected chi connectivity index (χ3v) is 6.46. The van der Waals surface area contributed by atoms with Crippen LogP contribution in [0.1, 0.15) is 36.8 Å². The van der Waals surface area contributed by atoms with E-state index < -0.39 is 17.7 Å². The molecule has 174 valence electrons. The van der Waals surface area contributed by atoms with Crippen LogP contribution in [0.15, 0.2) is 48.5 Å². The van der Waals surface area contributed by atoms with E-state index in [0.717, 1.165) is 11.1 Å². The number of aliphatic hydroxyl groups is 1. The third kappa shape index (κ3) is 4.57. The lowest BCUT2D eigenvalue weighted by molar-refractivity contribution is -0.183. The minimum absolute atomic E-state index is 0.00164. The standard InChI is InChI=1S/C25H28N2O6/c1-16(22(28)27-14-25(32,15-27)23(29)30)7-6-12-26-24(31)33-13-21-19-10-4-2-8-17(19)18-9-3-5-11-20(18)21/h2-5,8-11,16,21,32H,6-7,12-15H2,1H3,(H,26,31)(H,29,30). The Morgan fingerprint density at radius 1 is 1.09 bits per heavy atom. The smallest absolute Gasteiger partial charge is 0.407 e. The van der Waals surface area contributed by atoms with Crippen LogP contribution >= 0.6 is 0 Å². The summed E-state index contributed by atoms with van der Waals surface area (Å²) in [7, 11) is 0. The first kappa shape index (κ1) is 22.8. The number of fused-ring (bicyclic) bond motifs is 3. The minimum Gasteiger partial charge on any atom is -0.479 e. The lowest BCUT2D eigenvalue weighted by atomic mass is 9.92. The van der Waals surface area contributed by atoms with Crippen molar-refractivity contribution in [3.63, 3.8) is 0 Å². The highest BCUT2D eigenvalue weighted by Crippen LogP contribution is 2.44. The molecule has 3 N–H and O–H groups in total. The molecule has 2 aromatic carbocycles. The van der Waals surface area contributed by atoms with Crippen molar-refractivity contribution in [3.05, 3.63) is 59.7 Å². The summed E-state index contributed by atoms with van der Waals surface area (Å²) in [5.41, 5.74) is 2.81. The number of carbonyl (C=O) groups excluding carboxylic acids is 2. The topological polar surface area (TPSA) is 116 Å². The van der Waals surface area contributed by atoms with Gasteiger partial charge in [-0.15, -0.1) is 0 Å². The first-order valence-corrected chi connectivity index (χ1v) is 11.1. The molecule has 8 heteroatoms. The van der Waals surface area contributed by atoms with Crippen LogP contribution in [0.4, 0.5) is 4.79 Å². The summed E-state index contributed by atoms with van der Waals surface area (Å²) < 4.78 is 5.50. The number of nitrogens with one attached hydrogen (secondary N) is 1. The molecule has 4 rings (SSSR count). The van der Waals surface area contributed by atoms with Crippen LogP contribution in [0.2, 0.25) is 0 Å². The van der Waals surface area contributed by atoms with E-state index in [1.165, 1.54) is 16.0 Å². The van der Waals surface area contributed by atoms with Crippen LogP contribution in [0.5, 0.6) is 0 Å². The van der Waals surface area contributed by atoms with E-state index in [-0.39, 0.29) is 37.4 Å². The highest BCUT2D eigenvalue weighted by atomic mass is 16.5. The minimum atomic E-state index is -1.83. The van der Waals surface area contributed by atoms with Gasteiger partial charge in [-0.1, -0.05) is 55.5 Å². The SMILES string of the molecule is CC(CCCNC(=O)OCC1c2ccccc2-c2ccccc21)C(=O)N1CC(O)(C(=O)O)C1. The van der Waals surface area contributed by atoms with Crippen molar-refractivity contribution >= 4 is 18.0 Å². The van der Waals surface area contributed by atoms with Crippen LogP contribution in [0, 0.1) is 5.92 Å². The number of carbonyl (C=O) groups is 3. The van der Waals surface area contributed by atoms with Gasteiger partial charge in [0.2, 0.25) is 5.91 Å². The molecule has 2 aromatic rings. The number of likely N-dealkylation sites (tertiary alicyclic amines) is 1. The van der Waals surface area contributed by atoms with Crippen LogP contribution in [-0.2, 0) is 14.3 Å². The van der Waals surface area contributed by atoms with Crippen molar-refractivity contribution in [2.45, 2.75) is 31.3 Å². The Bertz CT molecular complexity index is 1020. The van der Waals surface area contributed by atoms with Crippen molar-refractivity contribution in [2.75, 3.05) is 26.2 Å². The zero-order valence-electron chi connectivity index (χ0n) is 18.5. The zero-order valence-corrected chi connectivity index (χ0v) is 18.5. The normalized spacial score (nSPS) is 16.8. The van der Waals surface area contributed by atoms with Gasteiger partial charge in [-0.2, -0.15) is 0 Å². The third-order valence-electron chi connectivity index (χ3n) is 6.46. The van der Waals surface area contributed by atoms with Crippen molar-refractivity contribution in [1.29, 1.82) is 0 Å². The van der Waals surface area contributed by atoms with E-state index in [1.807, 2.05) is 24.3 Å². The summed E-state index contributed by atoms with van der Waals surface area (Å²) in [6.45, 7) is 1.99. The van der Waals surface area contributed by atoms with E-state index in [2.05, 4.69) is 29.6 Å². The number of β-amino-alcohol motifs (C(OH)–C–C–N with tert-alkyl or cyclic N) is 1. The maximum absolute atomic E-state index is 12.3. The molecule has 1 unspecified atom stereocenters. The number of carboxylic acid groups (broad SMARTS) is 1. The summed E-state index contributed by atoms with van der Waals surface area (Å²) >= 11 is 0. The van der Waals surface area contributed by atoms with Gasteiger partial charge in [0, 0.05) is 18.4 Å². The number of rotatable bonds is 8. The first-order valence-electron chi connectivity index (χ1n) is 11.1. The molecule has 2 aliphatic rings. The second kappa shape index (κ2) is 9.23. The van der Waals surface area contributed by atoms with Crippen molar-refractivity contribution < 1.29 is 29.3 Å². The number of alkyl carbamates (subject to hydrolysis) is 1.